The monoisotopic (exact) mass is 280 g/mol. The molecule has 78 valence electrons. The van der Waals surface area contributed by atoms with Gasteiger partial charge >= 0.3 is 0 Å². The van der Waals surface area contributed by atoms with E-state index >= 15 is 0 Å². The second-order valence-electron chi connectivity index (χ2n) is 3.66. The number of rotatable bonds is 3. The van der Waals surface area contributed by atoms with Crippen LogP contribution in [-0.4, -0.2) is 0 Å². The summed E-state index contributed by atoms with van der Waals surface area (Å²) < 4.78 is 0. The Morgan fingerprint density at radius 3 is 2.53 bits per heavy atom. The van der Waals surface area contributed by atoms with Crippen molar-refractivity contribution < 1.29 is 0 Å². The van der Waals surface area contributed by atoms with E-state index < -0.39 is 0 Å². The zero-order valence-electron chi connectivity index (χ0n) is 8.61. The predicted octanol–water partition coefficient (Wildman–Crippen LogP) is 4.74. The first-order chi connectivity index (χ1) is 7.25. The summed E-state index contributed by atoms with van der Waals surface area (Å²) in [5.74, 6) is 0. The van der Waals surface area contributed by atoms with Gasteiger partial charge in [-0.3, -0.25) is 0 Å². The number of thiophene rings is 1. The molecule has 0 bridgehead atoms. The average Bonchev–Trinajstić information content (AvgIpc) is 2.71. The molecule has 1 unspecified atom stereocenters. The summed E-state index contributed by atoms with van der Waals surface area (Å²) in [7, 11) is 0. The molecule has 0 nitrogen and oxygen atoms in total. The Bertz CT molecular complexity index is 403. The molecule has 0 spiro atoms. The van der Waals surface area contributed by atoms with Gasteiger partial charge in [-0.1, -0.05) is 51.8 Å². The van der Waals surface area contributed by atoms with E-state index in [1.807, 2.05) is 11.3 Å². The summed E-state index contributed by atoms with van der Waals surface area (Å²) in [5.41, 5.74) is 2.67. The zero-order valence-corrected chi connectivity index (χ0v) is 11.0. The number of alkyl halides is 1. The Hall–Kier alpha value is -0.600. The number of benzene rings is 1. The van der Waals surface area contributed by atoms with Crippen LogP contribution >= 0.6 is 27.3 Å². The largest absolute Gasteiger partial charge is 0.149 e. The van der Waals surface area contributed by atoms with Gasteiger partial charge in [0.1, 0.15) is 0 Å². The summed E-state index contributed by atoms with van der Waals surface area (Å²) in [4.78, 5) is 1.86. The zero-order chi connectivity index (χ0) is 10.7. The Morgan fingerprint density at radius 1 is 1.20 bits per heavy atom. The number of aryl methyl sites for hydroxylation is 1. The van der Waals surface area contributed by atoms with Gasteiger partial charge < -0.3 is 0 Å². The first-order valence-corrected chi connectivity index (χ1v) is 6.78. The fourth-order valence-corrected chi connectivity index (χ4v) is 3.12. The van der Waals surface area contributed by atoms with Gasteiger partial charge in [0.05, 0.1) is 0 Å². The molecule has 2 aromatic rings. The van der Waals surface area contributed by atoms with Crippen molar-refractivity contribution >= 4 is 27.3 Å². The lowest BCUT2D eigenvalue weighted by Crippen LogP contribution is -1.93. The van der Waals surface area contributed by atoms with Crippen LogP contribution in [-0.2, 0) is 6.42 Å². The van der Waals surface area contributed by atoms with Crippen molar-refractivity contribution in [1.82, 2.24) is 0 Å². The van der Waals surface area contributed by atoms with Crippen LogP contribution in [0.4, 0.5) is 0 Å². The van der Waals surface area contributed by atoms with Gasteiger partial charge in [-0.05, 0) is 30.4 Å². The van der Waals surface area contributed by atoms with Crippen LogP contribution in [0.15, 0.2) is 41.8 Å². The molecule has 15 heavy (non-hydrogen) atoms. The molecule has 0 amide bonds. The average molecular weight is 281 g/mol. The van der Waals surface area contributed by atoms with Crippen molar-refractivity contribution in [2.75, 3.05) is 0 Å². The van der Waals surface area contributed by atoms with E-state index in [9.17, 15) is 0 Å². The lowest BCUT2D eigenvalue weighted by Gasteiger charge is -2.08. The summed E-state index contributed by atoms with van der Waals surface area (Å²) in [6.45, 7) is 2.12. The molecule has 0 aliphatic rings. The van der Waals surface area contributed by atoms with Crippen molar-refractivity contribution in [3.05, 3.63) is 57.8 Å². The van der Waals surface area contributed by atoms with Gasteiger partial charge in [-0.2, -0.15) is 0 Å². The maximum atomic E-state index is 3.74. The first-order valence-electron chi connectivity index (χ1n) is 4.99. The normalized spacial score (nSPS) is 12.7. The summed E-state index contributed by atoms with van der Waals surface area (Å²) in [6, 6.07) is 13.0. The number of hydrogen-bond donors (Lipinski definition) is 0. The fourth-order valence-electron chi connectivity index (χ4n) is 1.50. The summed E-state index contributed by atoms with van der Waals surface area (Å²) in [6.07, 6.45) is 1.07. The molecule has 2 heteroatoms. The number of hydrogen-bond acceptors (Lipinski definition) is 1. The molecule has 0 radical (unpaired) electrons. The van der Waals surface area contributed by atoms with Crippen LogP contribution in [0.1, 0.15) is 20.8 Å². The highest BCUT2D eigenvalue weighted by molar-refractivity contribution is 9.09. The number of halogens is 1. The van der Waals surface area contributed by atoms with Crippen molar-refractivity contribution in [2.45, 2.75) is 18.2 Å². The standard InChI is InChI=1S/C13H13BrS/c1-10-4-6-11(7-5-10)13(14)9-12-3-2-8-15-12/h2-8,13H,9H2,1H3. The van der Waals surface area contributed by atoms with Crippen molar-refractivity contribution in [2.24, 2.45) is 0 Å². The summed E-state index contributed by atoms with van der Waals surface area (Å²) in [5, 5.41) is 2.13. The molecule has 1 heterocycles. The maximum Gasteiger partial charge on any atom is 0.0443 e. The first kappa shape index (κ1) is 10.9. The molecule has 0 saturated carbocycles. The van der Waals surface area contributed by atoms with Gasteiger partial charge in [-0.25, -0.2) is 0 Å². The molecule has 1 aromatic heterocycles. The summed E-state index contributed by atoms with van der Waals surface area (Å²) >= 11 is 5.56. The molecule has 1 aromatic carbocycles. The van der Waals surface area contributed by atoms with E-state index in [4.69, 9.17) is 0 Å². The molecule has 0 aliphatic heterocycles. The minimum absolute atomic E-state index is 0.428. The maximum absolute atomic E-state index is 3.74. The molecule has 0 N–H and O–H groups in total. The highest BCUT2D eigenvalue weighted by Gasteiger charge is 2.08. The molecular formula is C13H13BrS. The third-order valence-electron chi connectivity index (χ3n) is 2.40. The third kappa shape index (κ3) is 2.93. The Kier molecular flexibility index (Phi) is 3.60. The van der Waals surface area contributed by atoms with Crippen LogP contribution in [0.5, 0.6) is 0 Å². The van der Waals surface area contributed by atoms with E-state index in [1.165, 1.54) is 16.0 Å². The van der Waals surface area contributed by atoms with Crippen molar-refractivity contribution in [3.8, 4) is 0 Å². The third-order valence-corrected chi connectivity index (χ3v) is 4.15. The van der Waals surface area contributed by atoms with Gasteiger partial charge in [0, 0.05) is 9.70 Å². The van der Waals surface area contributed by atoms with E-state index in [2.05, 4.69) is 64.6 Å². The fraction of sp³-hybridized carbons (Fsp3) is 0.231. The van der Waals surface area contributed by atoms with Crippen LogP contribution in [0.3, 0.4) is 0 Å². The SMILES string of the molecule is Cc1ccc(C(Br)Cc2cccs2)cc1. The highest BCUT2D eigenvalue weighted by Crippen LogP contribution is 2.28. The van der Waals surface area contributed by atoms with Gasteiger partial charge in [-0.15, -0.1) is 11.3 Å². The topological polar surface area (TPSA) is 0 Å². The second kappa shape index (κ2) is 4.95. The molecule has 2 rings (SSSR count). The molecule has 1 atom stereocenters. The van der Waals surface area contributed by atoms with Crippen LogP contribution in [0.25, 0.3) is 0 Å². The van der Waals surface area contributed by atoms with E-state index in [-0.39, 0.29) is 0 Å². The Labute approximate surface area is 103 Å². The Morgan fingerprint density at radius 2 is 1.93 bits per heavy atom. The van der Waals surface area contributed by atoms with E-state index in [0.29, 0.717) is 4.83 Å². The predicted molar refractivity (Wildman–Crippen MR) is 70.9 cm³/mol. The van der Waals surface area contributed by atoms with Crippen LogP contribution in [0.2, 0.25) is 0 Å². The highest BCUT2D eigenvalue weighted by atomic mass is 79.9. The minimum Gasteiger partial charge on any atom is -0.149 e. The molecule has 0 aliphatic carbocycles. The van der Waals surface area contributed by atoms with Gasteiger partial charge in [0.25, 0.3) is 0 Å². The Balaban J connectivity index is 2.08. The second-order valence-corrected chi connectivity index (χ2v) is 5.80. The van der Waals surface area contributed by atoms with Crippen molar-refractivity contribution in [1.29, 1.82) is 0 Å². The van der Waals surface area contributed by atoms with Gasteiger partial charge in [0.15, 0.2) is 0 Å². The van der Waals surface area contributed by atoms with E-state index in [0.717, 1.165) is 6.42 Å². The molecule has 0 saturated heterocycles. The smallest absolute Gasteiger partial charge is 0.0443 e. The van der Waals surface area contributed by atoms with Crippen LogP contribution in [0, 0.1) is 6.92 Å². The molecular weight excluding hydrogens is 268 g/mol. The molecule has 0 fully saturated rings. The van der Waals surface area contributed by atoms with Gasteiger partial charge in [0.2, 0.25) is 0 Å². The van der Waals surface area contributed by atoms with Crippen molar-refractivity contribution in [3.63, 3.8) is 0 Å². The lowest BCUT2D eigenvalue weighted by molar-refractivity contribution is 0.968. The lowest BCUT2D eigenvalue weighted by atomic mass is 10.1. The van der Waals surface area contributed by atoms with E-state index in [1.54, 1.807) is 0 Å². The quantitative estimate of drug-likeness (QED) is 0.713. The minimum atomic E-state index is 0.428. The van der Waals surface area contributed by atoms with Crippen LogP contribution < -0.4 is 0 Å².